The molecule has 1 spiro atoms. The molecule has 1 amide bonds. The van der Waals surface area contributed by atoms with E-state index in [4.69, 9.17) is 4.74 Å². The molecule has 0 radical (unpaired) electrons. The summed E-state index contributed by atoms with van der Waals surface area (Å²) >= 11 is 0. The predicted octanol–water partition coefficient (Wildman–Crippen LogP) is 0.122. The molecule has 2 aliphatic rings. The maximum absolute atomic E-state index is 11.7. The highest BCUT2D eigenvalue weighted by atomic mass is 16.6. The predicted molar refractivity (Wildman–Crippen MR) is 61.4 cm³/mol. The molecule has 0 saturated carbocycles. The summed E-state index contributed by atoms with van der Waals surface area (Å²) in [5.41, 5.74) is -0.200. The van der Waals surface area contributed by atoms with Crippen LogP contribution in [0.3, 0.4) is 0 Å². The molecule has 2 heterocycles. The largest absolute Gasteiger partial charge is 0.441 e. The lowest BCUT2D eigenvalue weighted by atomic mass is 9.92. The molecule has 0 aliphatic carbocycles. The van der Waals surface area contributed by atoms with Gasteiger partial charge in [0.05, 0.1) is 6.54 Å². The van der Waals surface area contributed by atoms with Crippen LogP contribution in [0.1, 0.15) is 12.8 Å². The standard InChI is InChI=1S/C11H21N3O2/c1-13(2)7-8-14-9-11(16-10(14)15)3-5-12-6-4-11/h12H,3-9H2,1-2H3. The van der Waals surface area contributed by atoms with E-state index in [9.17, 15) is 4.79 Å². The van der Waals surface area contributed by atoms with E-state index in [1.165, 1.54) is 0 Å². The highest BCUT2D eigenvalue weighted by Crippen LogP contribution is 2.30. The van der Waals surface area contributed by atoms with Crippen LogP contribution in [-0.4, -0.2) is 68.3 Å². The van der Waals surface area contributed by atoms with Gasteiger partial charge in [-0.2, -0.15) is 0 Å². The number of carbonyl (C=O) groups excluding carboxylic acids is 1. The molecule has 2 saturated heterocycles. The Labute approximate surface area is 96.7 Å². The van der Waals surface area contributed by atoms with Crippen molar-refractivity contribution < 1.29 is 9.53 Å². The van der Waals surface area contributed by atoms with Gasteiger partial charge in [-0.3, -0.25) is 0 Å². The smallest absolute Gasteiger partial charge is 0.410 e. The van der Waals surface area contributed by atoms with Crippen molar-refractivity contribution in [3.05, 3.63) is 0 Å². The fourth-order valence-corrected chi connectivity index (χ4v) is 2.33. The zero-order valence-electron chi connectivity index (χ0n) is 10.2. The van der Waals surface area contributed by atoms with Gasteiger partial charge in [0.25, 0.3) is 0 Å². The van der Waals surface area contributed by atoms with Crippen LogP contribution in [0.25, 0.3) is 0 Å². The number of ether oxygens (including phenoxy) is 1. The van der Waals surface area contributed by atoms with Crippen LogP contribution in [0.2, 0.25) is 0 Å². The monoisotopic (exact) mass is 227 g/mol. The van der Waals surface area contributed by atoms with E-state index in [2.05, 4.69) is 10.2 Å². The van der Waals surface area contributed by atoms with Crippen molar-refractivity contribution in [2.75, 3.05) is 46.8 Å². The van der Waals surface area contributed by atoms with E-state index in [-0.39, 0.29) is 11.7 Å². The Kier molecular flexibility index (Phi) is 3.35. The van der Waals surface area contributed by atoms with Crippen LogP contribution in [0, 0.1) is 0 Å². The first-order valence-electron chi connectivity index (χ1n) is 5.95. The summed E-state index contributed by atoms with van der Waals surface area (Å²) in [6.07, 6.45) is 1.75. The highest BCUT2D eigenvalue weighted by Gasteiger charge is 2.45. The van der Waals surface area contributed by atoms with Gasteiger partial charge in [0, 0.05) is 25.9 Å². The number of nitrogens with zero attached hydrogens (tertiary/aromatic N) is 2. The normalized spacial score (nSPS) is 24.2. The van der Waals surface area contributed by atoms with Crippen molar-refractivity contribution in [1.29, 1.82) is 0 Å². The quantitative estimate of drug-likeness (QED) is 0.744. The third-order valence-electron chi connectivity index (χ3n) is 3.37. The second-order valence-electron chi connectivity index (χ2n) is 5.03. The Morgan fingerprint density at radius 1 is 1.44 bits per heavy atom. The first-order valence-corrected chi connectivity index (χ1v) is 5.95. The van der Waals surface area contributed by atoms with Crippen molar-refractivity contribution in [1.82, 2.24) is 15.1 Å². The lowest BCUT2D eigenvalue weighted by Gasteiger charge is -2.31. The number of likely N-dealkylation sites (N-methyl/N-ethyl adjacent to an activating group) is 1. The molecule has 92 valence electrons. The Morgan fingerprint density at radius 3 is 2.75 bits per heavy atom. The number of piperidine rings is 1. The third kappa shape index (κ3) is 2.47. The molecule has 2 rings (SSSR count). The SMILES string of the molecule is CN(C)CCN1CC2(CCNCC2)OC1=O. The number of carbonyl (C=O) groups is 1. The van der Waals surface area contributed by atoms with Crippen LogP contribution < -0.4 is 5.32 Å². The van der Waals surface area contributed by atoms with Crippen molar-refractivity contribution in [3.8, 4) is 0 Å². The number of nitrogens with one attached hydrogen (secondary N) is 1. The molecule has 5 heteroatoms. The van der Waals surface area contributed by atoms with Crippen molar-refractivity contribution in [2.45, 2.75) is 18.4 Å². The maximum atomic E-state index is 11.7. The van der Waals surface area contributed by atoms with Crippen molar-refractivity contribution in [3.63, 3.8) is 0 Å². The molecule has 2 fully saturated rings. The van der Waals surface area contributed by atoms with E-state index in [1.54, 1.807) is 0 Å². The van der Waals surface area contributed by atoms with Gasteiger partial charge >= 0.3 is 6.09 Å². The highest BCUT2D eigenvalue weighted by molar-refractivity contribution is 5.70. The van der Waals surface area contributed by atoms with E-state index in [0.29, 0.717) is 0 Å². The van der Waals surface area contributed by atoms with Gasteiger partial charge < -0.3 is 19.9 Å². The lowest BCUT2D eigenvalue weighted by molar-refractivity contribution is 0.0316. The summed E-state index contributed by atoms with van der Waals surface area (Å²) in [6.45, 7) is 4.33. The minimum Gasteiger partial charge on any atom is -0.441 e. The number of amides is 1. The first-order chi connectivity index (χ1) is 7.61. The average molecular weight is 227 g/mol. The fraction of sp³-hybridized carbons (Fsp3) is 0.909. The van der Waals surface area contributed by atoms with Gasteiger partial charge in [-0.05, 0) is 27.2 Å². The zero-order valence-corrected chi connectivity index (χ0v) is 10.2. The van der Waals surface area contributed by atoms with E-state index >= 15 is 0 Å². The third-order valence-corrected chi connectivity index (χ3v) is 3.37. The number of hydrogen-bond acceptors (Lipinski definition) is 4. The lowest BCUT2D eigenvalue weighted by Crippen LogP contribution is -2.45. The molecule has 2 aliphatic heterocycles. The topological polar surface area (TPSA) is 44.8 Å². The summed E-state index contributed by atoms with van der Waals surface area (Å²) in [7, 11) is 4.03. The van der Waals surface area contributed by atoms with Crippen LogP contribution in [-0.2, 0) is 4.74 Å². The van der Waals surface area contributed by atoms with Crippen LogP contribution in [0.5, 0.6) is 0 Å². The molecule has 5 nitrogen and oxygen atoms in total. The minimum absolute atomic E-state index is 0.135. The van der Waals surface area contributed by atoms with Crippen LogP contribution in [0.4, 0.5) is 4.79 Å². The van der Waals surface area contributed by atoms with E-state index < -0.39 is 0 Å². The minimum atomic E-state index is -0.200. The Morgan fingerprint density at radius 2 is 2.12 bits per heavy atom. The molecule has 16 heavy (non-hydrogen) atoms. The molecule has 0 aromatic heterocycles. The van der Waals surface area contributed by atoms with Gasteiger partial charge in [-0.15, -0.1) is 0 Å². The van der Waals surface area contributed by atoms with Gasteiger partial charge in [0.2, 0.25) is 0 Å². The van der Waals surface area contributed by atoms with Crippen molar-refractivity contribution >= 4 is 6.09 Å². The number of rotatable bonds is 3. The van der Waals surface area contributed by atoms with Crippen LogP contribution in [0.15, 0.2) is 0 Å². The Balaban J connectivity index is 1.90. The van der Waals surface area contributed by atoms with Gasteiger partial charge in [-0.25, -0.2) is 4.79 Å². The molecule has 0 unspecified atom stereocenters. The molecule has 1 N–H and O–H groups in total. The van der Waals surface area contributed by atoms with Gasteiger partial charge in [0.1, 0.15) is 5.60 Å². The molecular weight excluding hydrogens is 206 g/mol. The maximum Gasteiger partial charge on any atom is 0.410 e. The summed E-state index contributed by atoms with van der Waals surface area (Å²) < 4.78 is 5.56. The second kappa shape index (κ2) is 4.59. The summed E-state index contributed by atoms with van der Waals surface area (Å²) in [5, 5.41) is 3.30. The van der Waals surface area contributed by atoms with Crippen LogP contribution >= 0.6 is 0 Å². The zero-order chi connectivity index (χ0) is 11.6. The Bertz CT molecular complexity index is 262. The Hall–Kier alpha value is -0.810. The van der Waals surface area contributed by atoms with E-state index in [0.717, 1.165) is 45.6 Å². The van der Waals surface area contributed by atoms with E-state index in [1.807, 2.05) is 19.0 Å². The molecule has 0 bridgehead atoms. The first kappa shape index (κ1) is 11.7. The van der Waals surface area contributed by atoms with Gasteiger partial charge in [0.15, 0.2) is 0 Å². The van der Waals surface area contributed by atoms with Gasteiger partial charge in [-0.1, -0.05) is 0 Å². The second-order valence-corrected chi connectivity index (χ2v) is 5.03. The fourth-order valence-electron chi connectivity index (χ4n) is 2.33. The summed E-state index contributed by atoms with van der Waals surface area (Å²) in [6, 6.07) is 0. The summed E-state index contributed by atoms with van der Waals surface area (Å²) in [5.74, 6) is 0. The molecule has 0 aromatic carbocycles. The molecule has 0 aromatic rings. The summed E-state index contributed by atoms with van der Waals surface area (Å²) in [4.78, 5) is 15.6. The van der Waals surface area contributed by atoms with Crippen molar-refractivity contribution in [2.24, 2.45) is 0 Å². The average Bonchev–Trinajstić information content (AvgIpc) is 2.53. The molecule has 0 atom stereocenters. The molecular formula is C11H21N3O2. The number of hydrogen-bond donors (Lipinski definition) is 1.